The highest BCUT2D eigenvalue weighted by atomic mass is 16.2. The van der Waals surface area contributed by atoms with Gasteiger partial charge in [0, 0.05) is 52.1 Å². The Labute approximate surface area is 155 Å². The van der Waals surface area contributed by atoms with E-state index in [0.29, 0.717) is 19.4 Å². The van der Waals surface area contributed by atoms with Crippen molar-refractivity contribution in [2.24, 2.45) is 0 Å². The van der Waals surface area contributed by atoms with E-state index in [9.17, 15) is 9.59 Å². The lowest BCUT2D eigenvalue weighted by Gasteiger charge is -2.26. The molecule has 0 saturated carbocycles. The number of hydrogen-bond acceptors (Lipinski definition) is 4. The summed E-state index contributed by atoms with van der Waals surface area (Å²) in [7, 11) is 0. The van der Waals surface area contributed by atoms with Gasteiger partial charge in [0.25, 0.3) is 0 Å². The van der Waals surface area contributed by atoms with Gasteiger partial charge in [-0.3, -0.25) is 19.2 Å². The number of likely N-dealkylation sites (tertiary alicyclic amines) is 1. The predicted octanol–water partition coefficient (Wildman–Crippen LogP) is 1.17. The van der Waals surface area contributed by atoms with Gasteiger partial charge in [0.15, 0.2) is 0 Å². The van der Waals surface area contributed by atoms with Crippen LogP contribution < -0.4 is 5.32 Å². The molecule has 26 heavy (non-hydrogen) atoms. The van der Waals surface area contributed by atoms with E-state index in [0.717, 1.165) is 63.4 Å². The van der Waals surface area contributed by atoms with Gasteiger partial charge < -0.3 is 10.2 Å². The largest absolute Gasteiger partial charge is 0.355 e. The van der Waals surface area contributed by atoms with E-state index in [4.69, 9.17) is 5.10 Å². The van der Waals surface area contributed by atoms with Crippen LogP contribution in [0.5, 0.6) is 0 Å². The molecular weight excluding hydrogens is 330 g/mol. The van der Waals surface area contributed by atoms with Crippen LogP contribution in [0.4, 0.5) is 0 Å². The monoisotopic (exact) mass is 361 g/mol. The van der Waals surface area contributed by atoms with E-state index in [-0.39, 0.29) is 17.9 Å². The molecule has 0 unspecified atom stereocenters. The molecule has 1 aromatic rings. The molecule has 3 rings (SSSR count). The lowest BCUT2D eigenvalue weighted by Crippen LogP contribution is -2.44. The molecular formula is C19H31N5O2. The molecule has 1 atom stereocenters. The second kappa shape index (κ2) is 8.66. The average Bonchev–Trinajstić information content (AvgIpc) is 3.25. The maximum atomic E-state index is 12.2. The number of fused-ring (bicyclic) bond motifs is 1. The zero-order valence-electron chi connectivity index (χ0n) is 16.0. The molecule has 1 aromatic heterocycles. The van der Waals surface area contributed by atoms with Crippen molar-refractivity contribution < 1.29 is 9.59 Å². The van der Waals surface area contributed by atoms with Gasteiger partial charge in [-0.25, -0.2) is 0 Å². The average molecular weight is 361 g/mol. The Balaban J connectivity index is 1.59. The van der Waals surface area contributed by atoms with Gasteiger partial charge in [0.2, 0.25) is 11.8 Å². The highest BCUT2D eigenvalue weighted by molar-refractivity contribution is 5.81. The fourth-order valence-electron chi connectivity index (χ4n) is 3.85. The maximum absolute atomic E-state index is 12.2. The Morgan fingerprint density at radius 3 is 2.69 bits per heavy atom. The minimum absolute atomic E-state index is 0.0805. The van der Waals surface area contributed by atoms with Crippen molar-refractivity contribution in [3.05, 3.63) is 17.5 Å². The minimum Gasteiger partial charge on any atom is -0.355 e. The van der Waals surface area contributed by atoms with Crippen molar-refractivity contribution in [2.45, 2.75) is 65.1 Å². The normalized spacial score (nSPS) is 19.1. The molecule has 2 aliphatic heterocycles. The van der Waals surface area contributed by atoms with E-state index in [1.165, 1.54) is 0 Å². The van der Waals surface area contributed by atoms with Crippen LogP contribution >= 0.6 is 0 Å². The topological polar surface area (TPSA) is 70.5 Å². The van der Waals surface area contributed by atoms with Crippen LogP contribution in [0.25, 0.3) is 0 Å². The third kappa shape index (κ3) is 4.44. The molecule has 3 heterocycles. The van der Waals surface area contributed by atoms with E-state index >= 15 is 0 Å². The van der Waals surface area contributed by atoms with Gasteiger partial charge in [-0.05, 0) is 39.2 Å². The summed E-state index contributed by atoms with van der Waals surface area (Å²) in [6, 6.07) is 1.97. The number of nitrogens with one attached hydrogen (secondary N) is 1. The van der Waals surface area contributed by atoms with Crippen molar-refractivity contribution in [2.75, 3.05) is 26.2 Å². The van der Waals surface area contributed by atoms with Crippen LogP contribution in [-0.2, 0) is 29.1 Å². The van der Waals surface area contributed by atoms with Crippen molar-refractivity contribution in [1.82, 2.24) is 24.9 Å². The fraction of sp³-hybridized carbons (Fsp3) is 0.737. The lowest BCUT2D eigenvalue weighted by atomic mass is 10.2. The summed E-state index contributed by atoms with van der Waals surface area (Å²) in [6.45, 7) is 8.87. The molecule has 144 valence electrons. The molecule has 2 aliphatic rings. The van der Waals surface area contributed by atoms with Gasteiger partial charge in [-0.15, -0.1) is 0 Å². The minimum atomic E-state index is -0.142. The third-order valence-corrected chi connectivity index (χ3v) is 5.43. The standard InChI is InChI=1S/C19H31N5O2/c1-3-20-19(26)15(2)23-11-6-12-24-17(14-23)13-16(21-24)7-8-18(25)22-9-4-5-10-22/h13,15H,3-12,14H2,1-2H3,(H,20,26)/t15-/m1/s1. The highest BCUT2D eigenvalue weighted by Crippen LogP contribution is 2.18. The van der Waals surface area contributed by atoms with Gasteiger partial charge in [-0.1, -0.05) is 0 Å². The second-order valence-electron chi connectivity index (χ2n) is 7.33. The summed E-state index contributed by atoms with van der Waals surface area (Å²) in [5.74, 6) is 0.328. The molecule has 1 N–H and O–H groups in total. The molecule has 1 saturated heterocycles. The highest BCUT2D eigenvalue weighted by Gasteiger charge is 2.25. The summed E-state index contributed by atoms with van der Waals surface area (Å²) in [5, 5.41) is 7.61. The predicted molar refractivity (Wildman–Crippen MR) is 99.5 cm³/mol. The number of carbonyl (C=O) groups excluding carboxylic acids is 2. The van der Waals surface area contributed by atoms with E-state index < -0.39 is 0 Å². The van der Waals surface area contributed by atoms with Crippen LogP contribution in [0.15, 0.2) is 6.07 Å². The number of carbonyl (C=O) groups is 2. The maximum Gasteiger partial charge on any atom is 0.237 e. The van der Waals surface area contributed by atoms with E-state index in [1.807, 2.05) is 18.7 Å². The second-order valence-corrected chi connectivity index (χ2v) is 7.33. The number of nitrogens with zero attached hydrogens (tertiary/aromatic N) is 4. The summed E-state index contributed by atoms with van der Waals surface area (Å²) in [5.41, 5.74) is 2.13. The quantitative estimate of drug-likeness (QED) is 0.826. The number of hydrogen-bond donors (Lipinski definition) is 1. The Bertz CT molecular complexity index is 636. The van der Waals surface area contributed by atoms with Gasteiger partial charge in [0.05, 0.1) is 17.4 Å². The first-order valence-electron chi connectivity index (χ1n) is 9.93. The molecule has 0 bridgehead atoms. The Morgan fingerprint density at radius 2 is 1.96 bits per heavy atom. The smallest absolute Gasteiger partial charge is 0.237 e. The zero-order valence-corrected chi connectivity index (χ0v) is 16.0. The SMILES string of the molecule is CCNC(=O)[C@@H](C)N1CCCn2nc(CCC(=O)N3CCCC3)cc2C1. The van der Waals surface area contributed by atoms with Crippen molar-refractivity contribution in [3.63, 3.8) is 0 Å². The Morgan fingerprint density at radius 1 is 1.19 bits per heavy atom. The molecule has 2 amide bonds. The number of aryl methyl sites for hydroxylation is 2. The third-order valence-electron chi connectivity index (χ3n) is 5.43. The van der Waals surface area contributed by atoms with E-state index in [1.54, 1.807) is 0 Å². The van der Waals surface area contributed by atoms with Crippen LogP contribution in [0.1, 0.15) is 50.9 Å². The van der Waals surface area contributed by atoms with Crippen molar-refractivity contribution in [1.29, 1.82) is 0 Å². The van der Waals surface area contributed by atoms with E-state index in [2.05, 4.69) is 21.0 Å². The van der Waals surface area contributed by atoms with Crippen LogP contribution in [0, 0.1) is 0 Å². The first-order valence-corrected chi connectivity index (χ1v) is 9.93. The Hall–Kier alpha value is -1.89. The molecule has 0 aromatic carbocycles. The molecule has 7 heteroatoms. The van der Waals surface area contributed by atoms with Crippen molar-refractivity contribution >= 4 is 11.8 Å². The number of likely N-dealkylation sites (N-methyl/N-ethyl adjacent to an activating group) is 1. The summed E-state index contributed by atoms with van der Waals surface area (Å²) in [6.07, 6.45) is 4.47. The van der Waals surface area contributed by atoms with Gasteiger partial charge in [-0.2, -0.15) is 5.10 Å². The lowest BCUT2D eigenvalue weighted by molar-refractivity contribution is -0.130. The van der Waals surface area contributed by atoms with Crippen LogP contribution in [-0.4, -0.2) is 63.6 Å². The summed E-state index contributed by atoms with van der Waals surface area (Å²) >= 11 is 0. The first-order chi connectivity index (χ1) is 12.6. The summed E-state index contributed by atoms with van der Waals surface area (Å²) in [4.78, 5) is 28.6. The molecule has 7 nitrogen and oxygen atoms in total. The van der Waals surface area contributed by atoms with Crippen LogP contribution in [0.2, 0.25) is 0 Å². The van der Waals surface area contributed by atoms with Crippen molar-refractivity contribution in [3.8, 4) is 0 Å². The van der Waals surface area contributed by atoms with Crippen LogP contribution in [0.3, 0.4) is 0 Å². The number of rotatable bonds is 6. The number of aromatic nitrogens is 2. The fourth-order valence-corrected chi connectivity index (χ4v) is 3.85. The molecule has 0 aliphatic carbocycles. The first kappa shape index (κ1) is 18.9. The molecule has 0 radical (unpaired) electrons. The summed E-state index contributed by atoms with van der Waals surface area (Å²) < 4.78 is 2.06. The molecule has 0 spiro atoms. The zero-order chi connectivity index (χ0) is 18.5. The van der Waals surface area contributed by atoms with Gasteiger partial charge in [0.1, 0.15) is 0 Å². The molecule has 1 fully saturated rings. The van der Waals surface area contributed by atoms with Gasteiger partial charge >= 0.3 is 0 Å². The Kier molecular flexibility index (Phi) is 6.29. The number of amides is 2.